The number of H-pyrrole nitrogens is 1. The van der Waals surface area contributed by atoms with Crippen LogP contribution in [0.15, 0.2) is 30.3 Å². The zero-order chi connectivity index (χ0) is 32.9. The van der Waals surface area contributed by atoms with Gasteiger partial charge in [0.15, 0.2) is 14.1 Å². The molecule has 0 unspecified atom stereocenters. The van der Waals surface area contributed by atoms with Gasteiger partial charge in [-0.1, -0.05) is 40.7 Å². The summed E-state index contributed by atoms with van der Waals surface area (Å²) in [6.07, 6.45) is 5.25. The third kappa shape index (κ3) is 6.08. The maximum atomic E-state index is 14.3. The van der Waals surface area contributed by atoms with Crippen molar-refractivity contribution in [3.8, 4) is 6.07 Å². The second kappa shape index (κ2) is 12.6. The first-order valence-electron chi connectivity index (χ1n) is 17.3. The van der Waals surface area contributed by atoms with Gasteiger partial charge in [0.25, 0.3) is 0 Å². The molecule has 0 amide bonds. The SMILES string of the molecule is CC1(C)c2cc(N3CCC(N4CCOCC4)CC3)c(CCCCO[Si](C)(C)C(C)(C)C)cc2C(=O)c2c1[nH]c1cc(C#N)ccc21. The van der Waals surface area contributed by atoms with Crippen molar-refractivity contribution in [1.29, 1.82) is 5.26 Å². The summed E-state index contributed by atoms with van der Waals surface area (Å²) in [5.74, 6) is 0.0837. The maximum absolute atomic E-state index is 14.3. The van der Waals surface area contributed by atoms with E-state index in [0.29, 0.717) is 11.6 Å². The first-order chi connectivity index (χ1) is 21.8. The van der Waals surface area contributed by atoms with Crippen LogP contribution in [0.2, 0.25) is 18.1 Å². The van der Waals surface area contributed by atoms with E-state index in [4.69, 9.17) is 9.16 Å². The fraction of sp³-hybridized carbons (Fsp3) is 0.579. The standard InChI is InChI=1S/C38H52N4O3Si/c1-37(2,3)46(6,7)45-19-9-8-10-27-23-30-31(24-33(27)42-15-13-28(14-16-42)41-17-20-44-21-18-41)38(4,5)36-34(35(30)43)29-12-11-26(25-39)22-32(29)40-36/h11-12,22-24,28,40H,8-10,13-21H2,1-7H3. The number of piperidine rings is 1. The van der Waals surface area contributed by atoms with Crippen molar-refractivity contribution in [3.63, 3.8) is 0 Å². The molecule has 2 aliphatic heterocycles. The van der Waals surface area contributed by atoms with E-state index < -0.39 is 8.32 Å². The quantitative estimate of drug-likeness (QED) is 0.202. The van der Waals surface area contributed by atoms with Gasteiger partial charge in [0.05, 0.1) is 30.4 Å². The molecule has 6 rings (SSSR count). The van der Waals surface area contributed by atoms with E-state index in [-0.39, 0.29) is 16.2 Å². The molecule has 0 radical (unpaired) electrons. The molecule has 246 valence electrons. The van der Waals surface area contributed by atoms with Gasteiger partial charge in [-0.05, 0) is 85.6 Å². The molecular weight excluding hydrogens is 589 g/mol. The van der Waals surface area contributed by atoms with Crippen LogP contribution in [0.25, 0.3) is 10.9 Å². The number of unbranched alkanes of at least 4 members (excludes halogenated alkanes) is 1. The highest BCUT2D eigenvalue weighted by Gasteiger charge is 2.41. The maximum Gasteiger partial charge on any atom is 0.195 e. The summed E-state index contributed by atoms with van der Waals surface area (Å²) >= 11 is 0. The van der Waals surface area contributed by atoms with Gasteiger partial charge in [-0.25, -0.2) is 0 Å². The number of hydrogen-bond donors (Lipinski definition) is 1. The Hall–Kier alpha value is -2.96. The molecule has 3 aromatic rings. The Bertz CT molecular complexity index is 1650. The number of anilines is 1. The molecule has 0 bridgehead atoms. The number of aromatic nitrogens is 1. The summed E-state index contributed by atoms with van der Waals surface area (Å²) in [7, 11) is -1.78. The predicted molar refractivity (Wildman–Crippen MR) is 189 cm³/mol. The number of nitrogens with one attached hydrogen (secondary N) is 1. The number of carbonyl (C=O) groups is 1. The number of nitriles is 1. The van der Waals surface area contributed by atoms with Gasteiger partial charge < -0.3 is 19.0 Å². The molecule has 3 heterocycles. The normalized spacial score (nSPS) is 19.3. The Balaban J connectivity index is 1.30. The number of carbonyl (C=O) groups excluding carboxylic acids is 1. The van der Waals surface area contributed by atoms with Gasteiger partial charge >= 0.3 is 0 Å². The van der Waals surface area contributed by atoms with Crippen LogP contribution < -0.4 is 4.90 Å². The van der Waals surface area contributed by atoms with Crippen molar-refractivity contribution in [2.24, 2.45) is 0 Å². The summed E-state index contributed by atoms with van der Waals surface area (Å²) in [6, 6.07) is 13.0. The number of aryl methyl sites for hydroxylation is 1. The van der Waals surface area contributed by atoms with Crippen LogP contribution in [0.3, 0.4) is 0 Å². The second-order valence-corrected chi connectivity index (χ2v) is 20.5. The highest BCUT2D eigenvalue weighted by Crippen LogP contribution is 2.46. The van der Waals surface area contributed by atoms with Crippen molar-refractivity contribution in [2.75, 3.05) is 50.9 Å². The van der Waals surface area contributed by atoms with E-state index in [0.717, 1.165) is 111 Å². The number of benzene rings is 2. The molecule has 7 nitrogen and oxygen atoms in total. The van der Waals surface area contributed by atoms with Gasteiger partial charge in [-0.15, -0.1) is 0 Å². The number of ether oxygens (including phenoxy) is 1. The summed E-state index contributed by atoms with van der Waals surface area (Å²) in [6.45, 7) is 22.5. The zero-order valence-electron chi connectivity index (χ0n) is 29.0. The second-order valence-electron chi connectivity index (χ2n) is 15.7. The number of rotatable bonds is 8. The van der Waals surface area contributed by atoms with Crippen molar-refractivity contribution >= 4 is 30.7 Å². The Kier molecular flexibility index (Phi) is 9.01. The molecule has 1 aromatic heterocycles. The third-order valence-corrected chi connectivity index (χ3v) is 15.9. The predicted octanol–water partition coefficient (Wildman–Crippen LogP) is 7.56. The average Bonchev–Trinajstić information content (AvgIpc) is 3.43. The first kappa shape index (κ1) is 33.0. The largest absolute Gasteiger partial charge is 0.417 e. The van der Waals surface area contributed by atoms with Crippen LogP contribution >= 0.6 is 0 Å². The van der Waals surface area contributed by atoms with E-state index in [9.17, 15) is 10.1 Å². The van der Waals surface area contributed by atoms with E-state index in [2.05, 4.69) is 80.7 Å². The Morgan fingerprint density at radius 3 is 2.46 bits per heavy atom. The summed E-state index contributed by atoms with van der Waals surface area (Å²) in [4.78, 5) is 23.1. The Morgan fingerprint density at radius 2 is 1.78 bits per heavy atom. The number of nitrogens with zero attached hydrogens (tertiary/aromatic N) is 3. The monoisotopic (exact) mass is 640 g/mol. The summed E-state index contributed by atoms with van der Waals surface area (Å²) < 4.78 is 12.1. The highest BCUT2D eigenvalue weighted by molar-refractivity contribution is 6.74. The smallest absolute Gasteiger partial charge is 0.195 e. The van der Waals surface area contributed by atoms with Crippen molar-refractivity contribution < 1.29 is 14.0 Å². The van der Waals surface area contributed by atoms with E-state index in [1.165, 1.54) is 11.3 Å². The van der Waals surface area contributed by atoms with Gasteiger partial charge in [0.1, 0.15) is 0 Å². The minimum Gasteiger partial charge on any atom is -0.417 e. The molecule has 2 aromatic carbocycles. The van der Waals surface area contributed by atoms with E-state index >= 15 is 0 Å². The molecule has 1 aliphatic carbocycles. The number of fused-ring (bicyclic) bond motifs is 4. The van der Waals surface area contributed by atoms with Gasteiger partial charge in [-0.2, -0.15) is 5.26 Å². The molecule has 1 N–H and O–H groups in total. The minimum absolute atomic E-state index is 0.0837. The van der Waals surface area contributed by atoms with E-state index in [1.807, 2.05) is 18.2 Å². The summed E-state index contributed by atoms with van der Waals surface area (Å²) in [5, 5.41) is 10.6. The lowest BCUT2D eigenvalue weighted by Gasteiger charge is -2.42. The Labute approximate surface area is 276 Å². The lowest BCUT2D eigenvalue weighted by atomic mass is 9.70. The number of hydrogen-bond acceptors (Lipinski definition) is 6. The molecule has 0 spiro atoms. The van der Waals surface area contributed by atoms with Crippen LogP contribution in [-0.2, 0) is 21.0 Å². The molecule has 0 atom stereocenters. The molecule has 3 aliphatic rings. The molecular formula is C38H52N4O3Si. The lowest BCUT2D eigenvalue weighted by molar-refractivity contribution is 0.0115. The molecule has 2 saturated heterocycles. The topological polar surface area (TPSA) is 81.6 Å². The number of aromatic amines is 1. The number of ketones is 1. The molecule has 2 fully saturated rings. The lowest BCUT2D eigenvalue weighted by Crippen LogP contribution is -2.49. The van der Waals surface area contributed by atoms with Crippen molar-refractivity contribution in [2.45, 2.75) is 96.3 Å². The zero-order valence-corrected chi connectivity index (χ0v) is 30.0. The highest BCUT2D eigenvalue weighted by atomic mass is 28.4. The third-order valence-electron chi connectivity index (χ3n) is 11.4. The fourth-order valence-corrected chi connectivity index (χ4v) is 8.54. The first-order valence-corrected chi connectivity index (χ1v) is 20.2. The van der Waals surface area contributed by atoms with Crippen LogP contribution in [-0.4, -0.2) is 76.0 Å². The van der Waals surface area contributed by atoms with Crippen LogP contribution in [0.4, 0.5) is 5.69 Å². The molecule has 46 heavy (non-hydrogen) atoms. The van der Waals surface area contributed by atoms with Gasteiger partial charge in [0.2, 0.25) is 0 Å². The van der Waals surface area contributed by atoms with E-state index in [1.54, 1.807) is 0 Å². The van der Waals surface area contributed by atoms with Crippen molar-refractivity contribution in [3.05, 3.63) is 63.8 Å². The van der Waals surface area contributed by atoms with Gasteiger partial charge in [-0.3, -0.25) is 9.69 Å². The average molecular weight is 641 g/mol. The minimum atomic E-state index is -1.78. The van der Waals surface area contributed by atoms with Crippen LogP contribution in [0, 0.1) is 11.3 Å². The van der Waals surface area contributed by atoms with Crippen LogP contribution in [0.5, 0.6) is 0 Å². The number of morpholine rings is 1. The van der Waals surface area contributed by atoms with Crippen molar-refractivity contribution in [1.82, 2.24) is 9.88 Å². The fourth-order valence-electron chi connectivity index (χ4n) is 7.45. The summed E-state index contributed by atoms with van der Waals surface area (Å²) in [5.41, 5.74) is 7.23. The van der Waals surface area contributed by atoms with Crippen LogP contribution in [0.1, 0.15) is 98.6 Å². The Morgan fingerprint density at radius 1 is 1.07 bits per heavy atom. The molecule has 8 heteroatoms. The van der Waals surface area contributed by atoms with Gasteiger partial charge in [0, 0.05) is 72.1 Å². The molecule has 0 saturated carbocycles.